The lowest BCUT2D eigenvalue weighted by molar-refractivity contribution is 0.0471. The summed E-state index contributed by atoms with van der Waals surface area (Å²) < 4.78 is 32.7. The average Bonchev–Trinajstić information content (AvgIpc) is 2.74. The van der Waals surface area contributed by atoms with Crippen molar-refractivity contribution in [2.75, 3.05) is 0 Å². The molecule has 9 heteroatoms. The maximum atomic E-state index is 12.1. The maximum Gasteiger partial charge on any atom is 0.340 e. The number of primary sulfonamides is 1. The van der Waals surface area contributed by atoms with Gasteiger partial charge in [-0.3, -0.25) is 0 Å². The topological polar surface area (TPSA) is 112 Å². The summed E-state index contributed by atoms with van der Waals surface area (Å²) in [5.74, 6) is -0.231. The van der Waals surface area contributed by atoms with Gasteiger partial charge in [0.05, 0.1) is 26.7 Å². The molecule has 118 valence electrons. The van der Waals surface area contributed by atoms with Crippen molar-refractivity contribution in [3.05, 3.63) is 45.8 Å². The van der Waals surface area contributed by atoms with Crippen molar-refractivity contribution in [2.24, 2.45) is 5.14 Å². The van der Waals surface area contributed by atoms with Crippen molar-refractivity contribution in [1.29, 1.82) is 0 Å². The van der Waals surface area contributed by atoms with E-state index in [1.807, 2.05) is 0 Å². The fraction of sp³-hybridized carbons (Fsp3) is 0.231. The number of carbonyl (C=O) groups is 1. The van der Waals surface area contributed by atoms with Crippen LogP contribution in [0.4, 0.5) is 0 Å². The van der Waals surface area contributed by atoms with Crippen LogP contribution in [0.15, 0.2) is 27.6 Å². The average molecular weight is 345 g/mol. The summed E-state index contributed by atoms with van der Waals surface area (Å²) >= 11 is 5.90. The number of sulfonamides is 1. The van der Waals surface area contributed by atoms with Crippen LogP contribution in [-0.2, 0) is 21.4 Å². The van der Waals surface area contributed by atoms with E-state index in [9.17, 15) is 13.2 Å². The highest BCUT2D eigenvalue weighted by atomic mass is 35.5. The predicted octanol–water partition coefficient (Wildman–Crippen LogP) is 1.95. The first-order chi connectivity index (χ1) is 10.2. The highest BCUT2D eigenvalue weighted by Gasteiger charge is 2.18. The van der Waals surface area contributed by atoms with Crippen molar-refractivity contribution < 1.29 is 22.5 Å². The molecule has 0 saturated carbocycles. The summed E-state index contributed by atoms with van der Waals surface area (Å²) in [6, 6.07) is 3.56. The van der Waals surface area contributed by atoms with E-state index >= 15 is 0 Å². The first-order valence-electron chi connectivity index (χ1n) is 6.11. The number of benzene rings is 1. The largest absolute Gasteiger partial charge is 0.457 e. The molecule has 0 amide bonds. The number of esters is 1. The summed E-state index contributed by atoms with van der Waals surface area (Å²) in [5.41, 5.74) is 1.17. The number of carbonyl (C=O) groups excluding carboxylic acids is 1. The molecule has 0 spiro atoms. The number of nitrogens with two attached hydrogens (primary N) is 1. The Morgan fingerprint density at radius 1 is 1.41 bits per heavy atom. The third-order valence-electron chi connectivity index (χ3n) is 3.02. The Bertz CT molecular complexity index is 809. The molecule has 2 aromatic rings. The van der Waals surface area contributed by atoms with E-state index in [0.717, 1.165) is 6.07 Å². The van der Waals surface area contributed by atoms with Gasteiger partial charge < -0.3 is 9.26 Å². The zero-order valence-electron chi connectivity index (χ0n) is 11.8. The Balaban J connectivity index is 2.23. The molecule has 7 nitrogen and oxygen atoms in total. The lowest BCUT2D eigenvalue weighted by Gasteiger charge is -2.07. The van der Waals surface area contributed by atoms with Gasteiger partial charge in [0.25, 0.3) is 0 Å². The number of aromatic nitrogens is 1. The molecular formula is C13H13ClN2O5S. The van der Waals surface area contributed by atoms with E-state index in [1.54, 1.807) is 13.8 Å². The number of hydrogen-bond acceptors (Lipinski definition) is 6. The lowest BCUT2D eigenvalue weighted by atomic mass is 10.2. The van der Waals surface area contributed by atoms with Crippen LogP contribution in [0.25, 0.3) is 0 Å². The van der Waals surface area contributed by atoms with Gasteiger partial charge in [0.15, 0.2) is 0 Å². The highest BCUT2D eigenvalue weighted by molar-refractivity contribution is 7.89. The molecule has 0 aliphatic carbocycles. The molecule has 2 N–H and O–H groups in total. The van der Waals surface area contributed by atoms with Crippen LogP contribution in [0.5, 0.6) is 0 Å². The summed E-state index contributed by atoms with van der Waals surface area (Å²) in [4.78, 5) is 11.8. The van der Waals surface area contributed by atoms with E-state index in [1.165, 1.54) is 12.1 Å². The third kappa shape index (κ3) is 3.46. The molecule has 2 rings (SSSR count). The van der Waals surface area contributed by atoms with Crippen molar-refractivity contribution in [3.63, 3.8) is 0 Å². The van der Waals surface area contributed by atoms with Gasteiger partial charge in [-0.2, -0.15) is 0 Å². The van der Waals surface area contributed by atoms with Crippen LogP contribution in [0, 0.1) is 13.8 Å². The van der Waals surface area contributed by atoms with E-state index in [0.29, 0.717) is 17.0 Å². The van der Waals surface area contributed by atoms with Gasteiger partial charge in [-0.15, -0.1) is 0 Å². The zero-order valence-corrected chi connectivity index (χ0v) is 13.4. The summed E-state index contributed by atoms with van der Waals surface area (Å²) in [7, 11) is -3.94. The molecule has 1 aromatic carbocycles. The number of halogens is 1. The van der Waals surface area contributed by atoms with Crippen molar-refractivity contribution in [3.8, 4) is 0 Å². The molecule has 0 aliphatic heterocycles. The second-order valence-electron chi connectivity index (χ2n) is 4.57. The Kier molecular flexibility index (Phi) is 4.55. The van der Waals surface area contributed by atoms with E-state index < -0.39 is 16.0 Å². The Morgan fingerprint density at radius 3 is 2.64 bits per heavy atom. The Hall–Kier alpha value is -1.90. The zero-order chi connectivity index (χ0) is 16.5. The molecule has 1 heterocycles. The smallest absolute Gasteiger partial charge is 0.340 e. The van der Waals surface area contributed by atoms with Crippen LogP contribution in [0.3, 0.4) is 0 Å². The second kappa shape index (κ2) is 6.07. The highest BCUT2D eigenvalue weighted by Crippen LogP contribution is 2.22. The van der Waals surface area contributed by atoms with Crippen LogP contribution in [0.2, 0.25) is 5.02 Å². The first-order valence-corrected chi connectivity index (χ1v) is 8.04. The molecule has 0 radical (unpaired) electrons. The van der Waals surface area contributed by atoms with Crippen molar-refractivity contribution in [1.82, 2.24) is 5.16 Å². The van der Waals surface area contributed by atoms with Crippen LogP contribution in [0.1, 0.15) is 27.4 Å². The molecule has 0 aliphatic rings. The molecule has 22 heavy (non-hydrogen) atoms. The van der Waals surface area contributed by atoms with Gasteiger partial charge in [0.1, 0.15) is 12.4 Å². The second-order valence-corrected chi connectivity index (χ2v) is 6.53. The quantitative estimate of drug-likeness (QED) is 0.848. The number of hydrogen-bond donors (Lipinski definition) is 1. The van der Waals surface area contributed by atoms with Gasteiger partial charge in [-0.1, -0.05) is 16.8 Å². The van der Waals surface area contributed by atoms with Gasteiger partial charge in [0, 0.05) is 0 Å². The van der Waals surface area contributed by atoms with E-state index in [4.69, 9.17) is 26.0 Å². The van der Waals surface area contributed by atoms with Crippen molar-refractivity contribution >= 4 is 27.6 Å². The maximum absolute atomic E-state index is 12.1. The minimum atomic E-state index is -3.94. The normalized spacial score (nSPS) is 11.5. The summed E-state index contributed by atoms with van der Waals surface area (Å²) in [6.07, 6.45) is 0. The van der Waals surface area contributed by atoms with Gasteiger partial charge in [0.2, 0.25) is 10.0 Å². The summed E-state index contributed by atoms with van der Waals surface area (Å²) in [6.45, 7) is 3.35. The van der Waals surface area contributed by atoms with Crippen LogP contribution < -0.4 is 5.14 Å². The molecule has 0 unspecified atom stereocenters. The van der Waals surface area contributed by atoms with Crippen LogP contribution >= 0.6 is 11.6 Å². The SMILES string of the molecule is Cc1noc(C)c1COC(=O)c1cc(S(N)(=O)=O)ccc1Cl. The number of aryl methyl sites for hydroxylation is 2. The van der Waals surface area contributed by atoms with Gasteiger partial charge in [-0.05, 0) is 32.0 Å². The standard InChI is InChI=1S/C13H13ClN2O5S/c1-7-11(8(2)21-16-7)6-20-13(17)10-5-9(22(15,18)19)3-4-12(10)14/h3-5H,6H2,1-2H3,(H2,15,18,19). The molecule has 0 fully saturated rings. The number of nitrogens with zero attached hydrogens (tertiary/aromatic N) is 1. The predicted molar refractivity (Wildman–Crippen MR) is 77.9 cm³/mol. The molecule has 0 bridgehead atoms. The van der Waals surface area contributed by atoms with Gasteiger partial charge in [-0.25, -0.2) is 18.4 Å². The van der Waals surface area contributed by atoms with Gasteiger partial charge >= 0.3 is 5.97 Å². The molecular weight excluding hydrogens is 332 g/mol. The Morgan fingerprint density at radius 2 is 2.09 bits per heavy atom. The molecule has 1 aromatic heterocycles. The summed E-state index contributed by atoms with van der Waals surface area (Å²) in [5, 5.41) is 8.83. The fourth-order valence-electron chi connectivity index (χ4n) is 1.76. The van der Waals surface area contributed by atoms with Crippen molar-refractivity contribution in [2.45, 2.75) is 25.3 Å². The minimum Gasteiger partial charge on any atom is -0.457 e. The molecule has 0 saturated heterocycles. The lowest BCUT2D eigenvalue weighted by Crippen LogP contribution is -2.14. The van der Waals surface area contributed by atoms with E-state index in [-0.39, 0.29) is 22.1 Å². The van der Waals surface area contributed by atoms with E-state index in [2.05, 4.69) is 5.16 Å². The number of rotatable bonds is 4. The number of ether oxygens (including phenoxy) is 1. The van der Waals surface area contributed by atoms with Crippen LogP contribution in [-0.4, -0.2) is 19.5 Å². The fourth-order valence-corrected chi connectivity index (χ4v) is 2.50. The minimum absolute atomic E-state index is 0.0596. The Labute approximate surface area is 132 Å². The third-order valence-corrected chi connectivity index (χ3v) is 4.26. The first kappa shape index (κ1) is 16.5. The monoisotopic (exact) mass is 344 g/mol. The molecule has 0 atom stereocenters.